The lowest BCUT2D eigenvalue weighted by Gasteiger charge is -2.08. The molecule has 16 heavy (non-hydrogen) atoms. The smallest absolute Gasteiger partial charge is 0.242 e. The molecule has 0 bridgehead atoms. The number of nitrogens with zero attached hydrogens (tertiary/aromatic N) is 2. The maximum atomic E-state index is 12.7. The quantitative estimate of drug-likeness (QED) is 0.585. The van der Waals surface area contributed by atoms with Crippen molar-refractivity contribution in [3.63, 3.8) is 0 Å². The minimum Gasteiger partial charge on any atom is -0.242 e. The van der Waals surface area contributed by atoms with Crippen molar-refractivity contribution in [3.05, 3.63) is 20.9 Å². The lowest BCUT2D eigenvalue weighted by Crippen LogP contribution is -2.06. The van der Waals surface area contributed by atoms with Crippen LogP contribution in [-0.2, 0) is 9.05 Å². The Kier molecular flexibility index (Phi) is 4.03. The first-order valence-electron chi connectivity index (χ1n) is 3.60. The van der Waals surface area contributed by atoms with Gasteiger partial charge >= 0.3 is 0 Å². The van der Waals surface area contributed by atoms with Gasteiger partial charge in [0, 0.05) is 20.4 Å². The second-order valence-corrected chi connectivity index (χ2v) is 6.12. The molecule has 0 amide bonds. The molecule has 1 heterocycles. The lowest BCUT2D eigenvalue weighted by atomic mass is 10.2. The molecule has 1 aromatic heterocycles. The lowest BCUT2D eigenvalue weighted by molar-refractivity contribution is 0.146. The highest BCUT2D eigenvalue weighted by atomic mass is 127. The van der Waals surface area contributed by atoms with Gasteiger partial charge in [-0.25, -0.2) is 22.2 Å². The van der Waals surface area contributed by atoms with Crippen LogP contribution in [0.2, 0.25) is 0 Å². The summed E-state index contributed by atoms with van der Waals surface area (Å²) in [6.07, 6.45) is -2.18. The molecular weight excluding hydrogens is 377 g/mol. The van der Waals surface area contributed by atoms with Crippen molar-refractivity contribution in [2.45, 2.75) is 11.5 Å². The van der Waals surface area contributed by atoms with Gasteiger partial charge in [-0.1, -0.05) is 0 Å². The molecule has 1 rings (SSSR count). The summed E-state index contributed by atoms with van der Waals surface area (Å²) >= 11 is 1.46. The van der Waals surface area contributed by atoms with Gasteiger partial charge in [-0.3, -0.25) is 0 Å². The van der Waals surface area contributed by atoms with Gasteiger partial charge in [0.15, 0.2) is 5.03 Å². The summed E-state index contributed by atoms with van der Waals surface area (Å²) in [6, 6.07) is 1.63. The van der Waals surface area contributed by atoms with Crippen LogP contribution in [0.5, 0.6) is 0 Å². The second-order valence-electron chi connectivity index (χ2n) is 2.56. The monoisotopic (exact) mass is 378 g/mol. The van der Waals surface area contributed by atoms with Crippen LogP contribution in [0.3, 0.4) is 0 Å². The van der Waals surface area contributed by atoms with Gasteiger partial charge in [0.1, 0.15) is 6.07 Å². The third-order valence-electron chi connectivity index (χ3n) is 1.58. The van der Waals surface area contributed by atoms with E-state index in [9.17, 15) is 17.2 Å². The van der Waals surface area contributed by atoms with Crippen LogP contribution in [0.1, 0.15) is 17.6 Å². The average Bonchev–Trinajstić information content (AvgIpc) is 2.15. The highest BCUT2D eigenvalue weighted by Crippen LogP contribution is 2.32. The molecule has 9 heteroatoms. The van der Waals surface area contributed by atoms with Crippen LogP contribution in [0.25, 0.3) is 0 Å². The molecule has 0 aliphatic heterocycles. The van der Waals surface area contributed by atoms with Gasteiger partial charge in [-0.05, 0) is 22.6 Å². The van der Waals surface area contributed by atoms with E-state index in [4.69, 9.17) is 15.9 Å². The van der Waals surface area contributed by atoms with Crippen LogP contribution in [-0.4, -0.2) is 13.4 Å². The van der Waals surface area contributed by atoms with E-state index in [2.05, 4.69) is 4.98 Å². The molecule has 0 aromatic carbocycles. The van der Waals surface area contributed by atoms with Crippen LogP contribution < -0.4 is 0 Å². The highest BCUT2D eigenvalue weighted by molar-refractivity contribution is 14.1. The first-order chi connectivity index (χ1) is 7.29. The molecule has 0 unspecified atom stereocenters. The van der Waals surface area contributed by atoms with Gasteiger partial charge in [-0.15, -0.1) is 0 Å². The molecule has 0 N–H and O–H groups in total. The molecule has 0 saturated carbocycles. The average molecular weight is 379 g/mol. The maximum Gasteiger partial charge on any atom is 0.279 e. The molecule has 0 fully saturated rings. The molecular formula is C7H2ClF2IN2O2S. The van der Waals surface area contributed by atoms with E-state index in [1.807, 2.05) is 0 Å². The zero-order valence-electron chi connectivity index (χ0n) is 7.29. The standard InChI is InChI=1S/C7H2ClF2IN2O2S/c8-16(14,15)7-4(6(9)10)5(11)3(1-12)2-13-7/h2,6H. The van der Waals surface area contributed by atoms with E-state index in [1.165, 1.54) is 22.6 Å². The number of nitriles is 1. The van der Waals surface area contributed by atoms with E-state index in [0.29, 0.717) is 0 Å². The van der Waals surface area contributed by atoms with Crippen molar-refractivity contribution < 1.29 is 17.2 Å². The van der Waals surface area contributed by atoms with Crippen LogP contribution in [0.15, 0.2) is 11.2 Å². The Morgan fingerprint density at radius 2 is 2.12 bits per heavy atom. The van der Waals surface area contributed by atoms with Gasteiger partial charge in [0.05, 0.1) is 11.1 Å². The molecule has 0 atom stereocenters. The van der Waals surface area contributed by atoms with Crippen LogP contribution in [0.4, 0.5) is 8.78 Å². The van der Waals surface area contributed by atoms with Crippen LogP contribution >= 0.6 is 33.3 Å². The summed E-state index contributed by atoms with van der Waals surface area (Å²) < 4.78 is 47.1. The topological polar surface area (TPSA) is 70.8 Å². The minimum absolute atomic E-state index is 0.125. The van der Waals surface area contributed by atoms with E-state index >= 15 is 0 Å². The van der Waals surface area contributed by atoms with E-state index in [0.717, 1.165) is 6.20 Å². The van der Waals surface area contributed by atoms with Crippen LogP contribution in [0, 0.1) is 14.9 Å². The fourth-order valence-electron chi connectivity index (χ4n) is 0.950. The Balaban J connectivity index is 3.69. The fourth-order valence-corrected chi connectivity index (χ4v) is 2.88. The molecule has 0 aliphatic carbocycles. The summed E-state index contributed by atoms with van der Waals surface area (Å²) in [5.41, 5.74) is -0.963. The predicted octanol–water partition coefficient (Wildman–Crippen LogP) is 2.42. The first kappa shape index (κ1) is 13.5. The fraction of sp³-hybridized carbons (Fsp3) is 0.143. The Morgan fingerprint density at radius 3 is 2.50 bits per heavy atom. The summed E-state index contributed by atoms with van der Waals surface area (Å²) in [7, 11) is 0.606. The largest absolute Gasteiger partial charge is 0.279 e. The number of alkyl halides is 2. The number of hydrogen-bond donors (Lipinski definition) is 0. The molecule has 1 aromatic rings. The Hall–Kier alpha value is -0.530. The SMILES string of the molecule is N#Cc1cnc(S(=O)(=O)Cl)c(C(F)F)c1I. The third kappa shape index (κ3) is 2.58. The van der Waals surface area contributed by atoms with E-state index in [-0.39, 0.29) is 9.13 Å². The van der Waals surface area contributed by atoms with E-state index < -0.39 is 26.1 Å². The van der Waals surface area contributed by atoms with Gasteiger partial charge < -0.3 is 0 Å². The Morgan fingerprint density at radius 1 is 1.56 bits per heavy atom. The van der Waals surface area contributed by atoms with Crippen molar-refractivity contribution in [2.75, 3.05) is 0 Å². The van der Waals surface area contributed by atoms with Crippen molar-refractivity contribution in [1.29, 1.82) is 5.26 Å². The number of pyridine rings is 1. The minimum atomic E-state index is -4.36. The summed E-state index contributed by atoms with van der Waals surface area (Å²) in [5, 5.41) is 7.69. The van der Waals surface area contributed by atoms with Crippen molar-refractivity contribution >= 4 is 42.3 Å². The first-order valence-corrected chi connectivity index (χ1v) is 6.99. The second kappa shape index (κ2) is 4.77. The zero-order chi connectivity index (χ0) is 12.5. The Bertz CT molecular complexity index is 570. The molecule has 4 nitrogen and oxygen atoms in total. The highest BCUT2D eigenvalue weighted by Gasteiger charge is 2.27. The predicted molar refractivity (Wildman–Crippen MR) is 59.7 cm³/mol. The van der Waals surface area contributed by atoms with Crippen molar-refractivity contribution in [1.82, 2.24) is 4.98 Å². The maximum absolute atomic E-state index is 12.7. The number of rotatable bonds is 2. The summed E-state index contributed by atoms with van der Waals surface area (Å²) in [5.74, 6) is 0. The number of aromatic nitrogens is 1. The molecule has 0 spiro atoms. The normalized spacial score (nSPS) is 11.5. The molecule has 0 aliphatic rings. The third-order valence-corrected chi connectivity index (χ3v) is 3.97. The molecule has 86 valence electrons. The molecule has 0 radical (unpaired) electrons. The summed E-state index contributed by atoms with van der Waals surface area (Å²) in [4.78, 5) is 3.28. The number of hydrogen-bond acceptors (Lipinski definition) is 4. The van der Waals surface area contributed by atoms with Crippen molar-refractivity contribution in [2.24, 2.45) is 0 Å². The Labute approximate surface area is 108 Å². The van der Waals surface area contributed by atoms with Gasteiger partial charge in [0.2, 0.25) is 0 Å². The number of halogens is 4. The van der Waals surface area contributed by atoms with Crippen molar-refractivity contribution in [3.8, 4) is 6.07 Å². The van der Waals surface area contributed by atoms with Gasteiger partial charge in [0.25, 0.3) is 15.5 Å². The summed E-state index contributed by atoms with van der Waals surface area (Å²) in [6.45, 7) is 0. The van der Waals surface area contributed by atoms with Gasteiger partial charge in [-0.2, -0.15) is 5.26 Å². The molecule has 0 saturated heterocycles. The van der Waals surface area contributed by atoms with E-state index in [1.54, 1.807) is 6.07 Å². The zero-order valence-corrected chi connectivity index (χ0v) is 11.0.